The van der Waals surface area contributed by atoms with Crippen LogP contribution in [0.2, 0.25) is 0 Å². The van der Waals surface area contributed by atoms with Crippen LogP contribution in [0.1, 0.15) is 12.7 Å². The fourth-order valence-electron chi connectivity index (χ4n) is 1.13. The Morgan fingerprint density at radius 1 is 1.53 bits per heavy atom. The van der Waals surface area contributed by atoms with E-state index in [1.807, 2.05) is 6.07 Å². The number of hydrogen-bond donors (Lipinski definition) is 1. The van der Waals surface area contributed by atoms with E-state index in [2.05, 4.69) is 4.72 Å². The van der Waals surface area contributed by atoms with E-state index in [9.17, 15) is 8.42 Å². The maximum Gasteiger partial charge on any atom is 0.279 e. The maximum atomic E-state index is 11.5. The fraction of sp³-hybridized carbons (Fsp3) is 0.556. The molecule has 15 heavy (non-hydrogen) atoms. The van der Waals surface area contributed by atoms with Gasteiger partial charge < -0.3 is 4.42 Å². The number of furan rings is 1. The van der Waals surface area contributed by atoms with E-state index >= 15 is 0 Å². The average Bonchev–Trinajstić information content (AvgIpc) is 2.54. The van der Waals surface area contributed by atoms with Gasteiger partial charge in [-0.15, -0.1) is 0 Å². The Morgan fingerprint density at radius 2 is 2.20 bits per heavy atom. The van der Waals surface area contributed by atoms with Crippen LogP contribution in [0, 0.1) is 0 Å². The highest BCUT2D eigenvalue weighted by molar-refractivity contribution is 7.87. The van der Waals surface area contributed by atoms with Gasteiger partial charge in [0, 0.05) is 26.6 Å². The van der Waals surface area contributed by atoms with E-state index < -0.39 is 10.2 Å². The van der Waals surface area contributed by atoms with Gasteiger partial charge in [-0.05, 0) is 19.1 Å². The molecule has 86 valence electrons. The van der Waals surface area contributed by atoms with Crippen molar-refractivity contribution in [3.8, 4) is 0 Å². The Balaban J connectivity index is 2.53. The number of nitrogens with one attached hydrogen (secondary N) is 1. The molecule has 0 aliphatic carbocycles. The molecule has 0 radical (unpaired) electrons. The second kappa shape index (κ2) is 4.78. The summed E-state index contributed by atoms with van der Waals surface area (Å²) in [6.07, 6.45) is 2.11. The zero-order valence-corrected chi connectivity index (χ0v) is 9.91. The van der Waals surface area contributed by atoms with E-state index in [-0.39, 0.29) is 6.04 Å². The normalized spacial score (nSPS) is 14.4. The van der Waals surface area contributed by atoms with Crippen molar-refractivity contribution in [2.75, 3.05) is 14.1 Å². The van der Waals surface area contributed by atoms with Crippen LogP contribution < -0.4 is 4.72 Å². The van der Waals surface area contributed by atoms with Gasteiger partial charge in [-0.3, -0.25) is 0 Å². The van der Waals surface area contributed by atoms with Crippen molar-refractivity contribution < 1.29 is 12.8 Å². The molecule has 0 unspecified atom stereocenters. The molecule has 0 fully saturated rings. The van der Waals surface area contributed by atoms with Crippen LogP contribution in [0.5, 0.6) is 0 Å². The first-order valence-electron chi connectivity index (χ1n) is 4.64. The summed E-state index contributed by atoms with van der Waals surface area (Å²) in [5.41, 5.74) is 0. The van der Waals surface area contributed by atoms with Gasteiger partial charge in [0.2, 0.25) is 0 Å². The van der Waals surface area contributed by atoms with Crippen LogP contribution >= 0.6 is 0 Å². The third kappa shape index (κ3) is 3.65. The molecule has 1 heterocycles. The summed E-state index contributed by atoms with van der Waals surface area (Å²) in [6, 6.07) is 3.41. The summed E-state index contributed by atoms with van der Waals surface area (Å²) >= 11 is 0. The molecule has 1 aromatic rings. The second-order valence-corrected chi connectivity index (χ2v) is 5.51. The lowest BCUT2D eigenvalue weighted by Gasteiger charge is -2.16. The monoisotopic (exact) mass is 232 g/mol. The molecule has 6 heteroatoms. The van der Waals surface area contributed by atoms with E-state index in [0.717, 1.165) is 10.1 Å². The van der Waals surface area contributed by atoms with E-state index in [1.54, 1.807) is 19.3 Å². The lowest BCUT2D eigenvalue weighted by atomic mass is 10.2. The Morgan fingerprint density at radius 3 is 2.67 bits per heavy atom. The Kier molecular flexibility index (Phi) is 3.90. The quantitative estimate of drug-likeness (QED) is 0.809. The number of hydrogen-bond acceptors (Lipinski definition) is 3. The van der Waals surface area contributed by atoms with Crippen molar-refractivity contribution >= 4 is 10.2 Å². The van der Waals surface area contributed by atoms with Crippen LogP contribution in [-0.2, 0) is 16.6 Å². The summed E-state index contributed by atoms with van der Waals surface area (Å²) in [6.45, 7) is 1.80. The van der Waals surface area contributed by atoms with Crippen molar-refractivity contribution in [1.82, 2.24) is 9.03 Å². The van der Waals surface area contributed by atoms with Gasteiger partial charge >= 0.3 is 0 Å². The minimum Gasteiger partial charge on any atom is -0.469 e. The van der Waals surface area contributed by atoms with Gasteiger partial charge in [0.15, 0.2) is 0 Å². The van der Waals surface area contributed by atoms with Gasteiger partial charge in [-0.25, -0.2) is 0 Å². The molecule has 5 nitrogen and oxygen atoms in total. The van der Waals surface area contributed by atoms with Crippen molar-refractivity contribution in [3.63, 3.8) is 0 Å². The zero-order valence-electron chi connectivity index (χ0n) is 9.10. The molecule has 0 spiro atoms. The van der Waals surface area contributed by atoms with Gasteiger partial charge in [0.05, 0.1) is 6.26 Å². The molecule has 0 aliphatic rings. The maximum absolute atomic E-state index is 11.5. The van der Waals surface area contributed by atoms with Crippen LogP contribution in [0.25, 0.3) is 0 Å². The lowest BCUT2D eigenvalue weighted by Crippen LogP contribution is -2.41. The summed E-state index contributed by atoms with van der Waals surface area (Å²) in [5.74, 6) is 0.768. The average molecular weight is 232 g/mol. The molecule has 0 saturated carbocycles. The predicted molar refractivity (Wildman–Crippen MR) is 57.6 cm³/mol. The molecule has 0 saturated heterocycles. The lowest BCUT2D eigenvalue weighted by molar-refractivity contribution is 0.462. The highest BCUT2D eigenvalue weighted by atomic mass is 32.2. The molecule has 1 atom stereocenters. The summed E-state index contributed by atoms with van der Waals surface area (Å²) in [4.78, 5) is 0. The summed E-state index contributed by atoms with van der Waals surface area (Å²) < 4.78 is 31.7. The molecule has 1 N–H and O–H groups in total. The van der Waals surface area contributed by atoms with Gasteiger partial charge in [0.25, 0.3) is 10.2 Å². The van der Waals surface area contributed by atoms with Crippen molar-refractivity contribution in [2.24, 2.45) is 0 Å². The molecular weight excluding hydrogens is 216 g/mol. The van der Waals surface area contributed by atoms with Crippen molar-refractivity contribution in [3.05, 3.63) is 24.2 Å². The van der Waals surface area contributed by atoms with Gasteiger partial charge in [0.1, 0.15) is 5.76 Å². The fourth-order valence-corrected chi connectivity index (χ4v) is 1.93. The first-order chi connectivity index (χ1) is 6.92. The standard InChI is InChI=1S/C9H16N2O3S/c1-8(7-9-5-4-6-14-9)10-15(12,13)11(2)3/h4-6,8,10H,7H2,1-3H3/t8-/m1/s1. The van der Waals surface area contributed by atoms with Crippen LogP contribution in [0.15, 0.2) is 22.8 Å². The predicted octanol–water partition coefficient (Wildman–Crippen LogP) is 0.607. The van der Waals surface area contributed by atoms with Gasteiger partial charge in [-0.2, -0.15) is 17.4 Å². The summed E-state index contributed by atoms with van der Waals surface area (Å²) in [7, 11) is -0.383. The minimum absolute atomic E-state index is 0.191. The first kappa shape index (κ1) is 12.2. The smallest absolute Gasteiger partial charge is 0.279 e. The topological polar surface area (TPSA) is 62.6 Å². The third-order valence-electron chi connectivity index (χ3n) is 1.92. The van der Waals surface area contributed by atoms with Crippen LogP contribution in [0.4, 0.5) is 0 Å². The van der Waals surface area contributed by atoms with Gasteiger partial charge in [-0.1, -0.05) is 0 Å². The van der Waals surface area contributed by atoms with Crippen molar-refractivity contribution in [1.29, 1.82) is 0 Å². The zero-order chi connectivity index (χ0) is 11.5. The van der Waals surface area contributed by atoms with E-state index in [4.69, 9.17) is 4.42 Å². The largest absolute Gasteiger partial charge is 0.469 e. The summed E-state index contributed by atoms with van der Waals surface area (Å²) in [5, 5.41) is 0. The molecule has 0 bridgehead atoms. The molecule has 1 aromatic heterocycles. The molecule has 1 rings (SSSR count). The molecular formula is C9H16N2O3S. The Bertz CT molecular complexity index is 383. The number of nitrogens with zero attached hydrogens (tertiary/aromatic N) is 1. The highest BCUT2D eigenvalue weighted by Crippen LogP contribution is 2.05. The molecule has 0 amide bonds. The second-order valence-electron chi connectivity index (χ2n) is 3.59. The Labute approximate surface area is 90.3 Å². The number of rotatable bonds is 5. The molecule has 0 aliphatic heterocycles. The minimum atomic E-state index is -3.36. The first-order valence-corrected chi connectivity index (χ1v) is 6.08. The van der Waals surface area contributed by atoms with Crippen molar-refractivity contribution in [2.45, 2.75) is 19.4 Å². The Hall–Kier alpha value is -0.850. The highest BCUT2D eigenvalue weighted by Gasteiger charge is 2.17. The van der Waals surface area contributed by atoms with E-state index in [0.29, 0.717) is 6.42 Å². The van der Waals surface area contributed by atoms with E-state index in [1.165, 1.54) is 14.1 Å². The van der Waals surface area contributed by atoms with Crippen LogP contribution in [-0.4, -0.2) is 32.9 Å². The SMILES string of the molecule is C[C@H](Cc1ccco1)NS(=O)(=O)N(C)C. The molecule has 0 aromatic carbocycles. The third-order valence-corrected chi connectivity index (χ3v) is 3.58. The van der Waals surface area contributed by atoms with Crippen LogP contribution in [0.3, 0.4) is 0 Å².